The largest absolute Gasteiger partial charge is 0.469 e. The van der Waals surface area contributed by atoms with Crippen LogP contribution in [-0.4, -0.2) is 136 Å². The van der Waals surface area contributed by atoms with Gasteiger partial charge in [0.1, 0.15) is 42.5 Å². The van der Waals surface area contributed by atoms with Crippen LogP contribution in [0, 0.1) is 11.8 Å². The average molecular weight is 783 g/mol. The van der Waals surface area contributed by atoms with Crippen LogP contribution in [0.5, 0.6) is 0 Å². The SMILES string of the molecule is CC(C)[C@H](NC(=O)[C@H](COP(=O)(O)O)NC(=O)[C@@H](NC(=O)[C@@H](NC(=O)[C@H](CCCN=C(N)N)NC(=O)[C@H](C)N)[C@@H](C)O)C(C)C)C(=O)N[C@H](C=O)CO. The predicted octanol–water partition coefficient (Wildman–Crippen LogP) is -5.71. The minimum Gasteiger partial charge on any atom is -0.394 e. The number of nitrogens with one attached hydrogen (secondary N) is 6. The van der Waals surface area contributed by atoms with Gasteiger partial charge in [-0.05, 0) is 38.5 Å². The summed E-state index contributed by atoms with van der Waals surface area (Å²) in [7, 11) is -5.21. The van der Waals surface area contributed by atoms with Crippen LogP contribution < -0.4 is 49.1 Å². The molecule has 0 unspecified atom stereocenters. The fourth-order valence-electron chi connectivity index (χ4n) is 4.31. The summed E-state index contributed by atoms with van der Waals surface area (Å²) >= 11 is 0. The molecule has 0 aliphatic heterocycles. The Morgan fingerprint density at radius 1 is 0.736 bits per heavy atom. The first kappa shape index (κ1) is 48.8. The number of rotatable bonds is 24. The van der Waals surface area contributed by atoms with Gasteiger partial charge in [-0.15, -0.1) is 0 Å². The Kier molecular flexibility index (Phi) is 21.5. The standard InChI is InChI=1S/C29H55N10O13P/c1-13(2)20(26(46)34-17(10-40)11-41)37-25(45)19(12-52-53(49,50)51)36-27(47)21(14(3)4)38-28(48)22(16(6)42)39-24(44)18(35-23(43)15(5)30)8-7-9-33-29(31)32/h10,13-22,41-42H,7-9,11-12,30H2,1-6H3,(H,34,46)(H,35,43)(H,36,47)(H,37,45)(H,38,48)(H,39,44)(H4,31,32,33)(H2,49,50,51)/t15-,16+,17+,18-,19-,20-,21-,22-/m0/s1. The summed E-state index contributed by atoms with van der Waals surface area (Å²) in [5.74, 6) is -7.37. The molecule has 0 bridgehead atoms. The van der Waals surface area contributed by atoms with E-state index in [0.717, 1.165) is 0 Å². The molecule has 0 aliphatic carbocycles. The van der Waals surface area contributed by atoms with Gasteiger partial charge in [-0.25, -0.2) is 4.57 Å². The van der Waals surface area contributed by atoms with E-state index >= 15 is 0 Å². The number of aliphatic hydroxyl groups is 2. The fraction of sp³-hybridized carbons (Fsp3) is 0.724. The summed E-state index contributed by atoms with van der Waals surface area (Å²) in [4.78, 5) is 112. The van der Waals surface area contributed by atoms with Gasteiger partial charge in [-0.2, -0.15) is 0 Å². The minimum atomic E-state index is -5.21. The number of guanidine groups is 1. The number of phosphoric acid groups is 1. The number of aliphatic hydroxyl groups excluding tert-OH is 2. The van der Waals surface area contributed by atoms with Crippen LogP contribution in [0.25, 0.3) is 0 Å². The number of nitrogens with two attached hydrogens (primary N) is 3. The lowest BCUT2D eigenvalue weighted by Crippen LogP contribution is -2.63. The van der Waals surface area contributed by atoms with Gasteiger partial charge in [-0.1, -0.05) is 27.7 Å². The molecule has 0 saturated carbocycles. The van der Waals surface area contributed by atoms with Gasteiger partial charge in [0.2, 0.25) is 35.4 Å². The van der Waals surface area contributed by atoms with E-state index in [1.807, 2.05) is 0 Å². The monoisotopic (exact) mass is 782 g/mol. The van der Waals surface area contributed by atoms with E-state index in [-0.39, 0.29) is 31.6 Å². The van der Waals surface area contributed by atoms with Crippen molar-refractivity contribution in [3.8, 4) is 0 Å². The van der Waals surface area contributed by atoms with Crippen molar-refractivity contribution in [2.75, 3.05) is 19.8 Å². The van der Waals surface area contributed by atoms with Gasteiger partial charge in [0.15, 0.2) is 5.96 Å². The molecule has 8 atom stereocenters. The zero-order chi connectivity index (χ0) is 41.2. The maximum Gasteiger partial charge on any atom is 0.469 e. The average Bonchev–Trinajstić information content (AvgIpc) is 3.05. The summed E-state index contributed by atoms with van der Waals surface area (Å²) < 4.78 is 15.9. The summed E-state index contributed by atoms with van der Waals surface area (Å²) in [6.45, 7) is 6.80. The fourth-order valence-corrected chi connectivity index (χ4v) is 4.66. The number of hydrogen-bond donors (Lipinski definition) is 13. The smallest absolute Gasteiger partial charge is 0.394 e. The predicted molar refractivity (Wildman–Crippen MR) is 188 cm³/mol. The van der Waals surface area contributed by atoms with Crippen molar-refractivity contribution >= 4 is 55.5 Å². The normalized spacial score (nSPS) is 16.0. The molecule has 0 aromatic carbocycles. The number of carbonyl (C=O) groups is 7. The summed E-state index contributed by atoms with van der Waals surface area (Å²) in [6.07, 6.45) is -1.09. The third-order valence-corrected chi connectivity index (χ3v) is 7.76. The third kappa shape index (κ3) is 18.9. The van der Waals surface area contributed by atoms with E-state index in [1.165, 1.54) is 41.5 Å². The van der Waals surface area contributed by atoms with E-state index < -0.39 is 117 Å². The van der Waals surface area contributed by atoms with Crippen LogP contribution in [-0.2, 0) is 42.7 Å². The lowest BCUT2D eigenvalue weighted by atomic mass is 10.0. The summed E-state index contributed by atoms with van der Waals surface area (Å²) in [5, 5.41) is 33.6. The second-order valence-electron chi connectivity index (χ2n) is 12.8. The number of amides is 6. The molecule has 53 heavy (non-hydrogen) atoms. The zero-order valence-electron chi connectivity index (χ0n) is 30.5. The molecule has 0 aliphatic rings. The quantitative estimate of drug-likeness (QED) is 0.0143. The molecule has 16 N–H and O–H groups in total. The number of nitrogens with zero attached hydrogens (tertiary/aromatic N) is 1. The highest BCUT2D eigenvalue weighted by Crippen LogP contribution is 2.35. The molecule has 0 aromatic rings. The molecular formula is C29H55N10O13P. The van der Waals surface area contributed by atoms with Crippen LogP contribution in [0.15, 0.2) is 4.99 Å². The molecule has 0 aromatic heterocycles. The first-order chi connectivity index (χ1) is 24.4. The maximum atomic E-state index is 13.5. The number of aliphatic imine (C=N–C) groups is 1. The van der Waals surface area contributed by atoms with Gasteiger partial charge in [-0.3, -0.25) is 38.3 Å². The van der Waals surface area contributed by atoms with E-state index in [9.17, 15) is 58.1 Å². The van der Waals surface area contributed by atoms with Crippen molar-refractivity contribution in [1.29, 1.82) is 0 Å². The van der Waals surface area contributed by atoms with E-state index in [0.29, 0.717) is 0 Å². The van der Waals surface area contributed by atoms with E-state index in [2.05, 4.69) is 41.4 Å². The van der Waals surface area contributed by atoms with Crippen molar-refractivity contribution in [3.63, 3.8) is 0 Å². The molecule has 0 saturated heterocycles. The Bertz CT molecular complexity index is 1340. The van der Waals surface area contributed by atoms with Crippen molar-refractivity contribution in [2.24, 2.45) is 34.0 Å². The lowest BCUT2D eigenvalue weighted by molar-refractivity contribution is -0.137. The Labute approximate surface area is 306 Å². The zero-order valence-corrected chi connectivity index (χ0v) is 31.4. The Hall–Kier alpha value is -4.25. The molecular weight excluding hydrogens is 727 g/mol. The highest BCUT2D eigenvalue weighted by Gasteiger charge is 2.36. The van der Waals surface area contributed by atoms with E-state index in [1.54, 1.807) is 0 Å². The van der Waals surface area contributed by atoms with Crippen LogP contribution in [0.3, 0.4) is 0 Å². The molecule has 0 fully saturated rings. The van der Waals surface area contributed by atoms with Crippen molar-refractivity contribution in [1.82, 2.24) is 31.9 Å². The minimum absolute atomic E-state index is 0.00912. The van der Waals surface area contributed by atoms with Gasteiger partial charge in [0.05, 0.1) is 25.4 Å². The highest BCUT2D eigenvalue weighted by atomic mass is 31.2. The Morgan fingerprint density at radius 3 is 1.62 bits per heavy atom. The van der Waals surface area contributed by atoms with Crippen LogP contribution in [0.4, 0.5) is 0 Å². The molecule has 24 heteroatoms. The first-order valence-corrected chi connectivity index (χ1v) is 18.1. The highest BCUT2D eigenvalue weighted by molar-refractivity contribution is 7.46. The molecule has 0 spiro atoms. The number of phosphoric ester groups is 1. The molecule has 0 rings (SSSR count). The number of carbonyl (C=O) groups excluding carboxylic acids is 7. The Balaban J connectivity index is 6.22. The number of hydrogen-bond acceptors (Lipinski definition) is 13. The molecule has 23 nitrogen and oxygen atoms in total. The van der Waals surface area contributed by atoms with Crippen LogP contribution >= 0.6 is 7.82 Å². The number of aldehydes is 1. The Morgan fingerprint density at radius 2 is 1.19 bits per heavy atom. The van der Waals surface area contributed by atoms with Crippen LogP contribution in [0.2, 0.25) is 0 Å². The topological polar surface area (TPSA) is 389 Å². The molecule has 6 amide bonds. The second kappa shape index (κ2) is 23.4. The molecule has 0 radical (unpaired) electrons. The summed E-state index contributed by atoms with van der Waals surface area (Å²) in [5.41, 5.74) is 16.2. The van der Waals surface area contributed by atoms with Crippen molar-refractivity contribution in [3.05, 3.63) is 0 Å². The molecule has 304 valence electrons. The van der Waals surface area contributed by atoms with Gasteiger partial charge >= 0.3 is 7.82 Å². The van der Waals surface area contributed by atoms with Crippen LogP contribution in [0.1, 0.15) is 54.4 Å². The van der Waals surface area contributed by atoms with Gasteiger partial charge < -0.3 is 73.9 Å². The second-order valence-corrected chi connectivity index (χ2v) is 14.0. The van der Waals surface area contributed by atoms with Crippen molar-refractivity contribution in [2.45, 2.75) is 103 Å². The van der Waals surface area contributed by atoms with Gasteiger partial charge in [0.25, 0.3) is 0 Å². The third-order valence-electron chi connectivity index (χ3n) is 7.28. The molecule has 0 heterocycles. The maximum absolute atomic E-state index is 13.5. The van der Waals surface area contributed by atoms with Gasteiger partial charge in [0, 0.05) is 6.54 Å². The first-order valence-electron chi connectivity index (χ1n) is 16.5. The van der Waals surface area contributed by atoms with E-state index in [4.69, 9.17) is 17.2 Å². The summed E-state index contributed by atoms with van der Waals surface area (Å²) in [6, 6.07) is -9.98. The van der Waals surface area contributed by atoms with Crippen molar-refractivity contribution < 1.29 is 62.7 Å². The lowest BCUT2D eigenvalue weighted by Gasteiger charge is -2.30.